The van der Waals surface area contributed by atoms with Crippen LogP contribution < -0.4 is 14.8 Å². The highest BCUT2D eigenvalue weighted by Gasteiger charge is 2.23. The third-order valence-electron chi connectivity index (χ3n) is 5.83. The molecule has 9 nitrogen and oxygen atoms in total. The summed E-state index contributed by atoms with van der Waals surface area (Å²) in [5, 5.41) is 12.0. The van der Waals surface area contributed by atoms with Gasteiger partial charge in [0.2, 0.25) is 5.13 Å². The Morgan fingerprint density at radius 3 is 2.65 bits per heavy atom. The minimum atomic E-state index is -0.377. The van der Waals surface area contributed by atoms with E-state index in [-0.39, 0.29) is 5.91 Å². The van der Waals surface area contributed by atoms with Crippen molar-refractivity contribution < 1.29 is 19.0 Å². The maximum absolute atomic E-state index is 13.1. The molecule has 0 bridgehead atoms. The van der Waals surface area contributed by atoms with Crippen molar-refractivity contribution in [2.45, 2.75) is 38.7 Å². The van der Waals surface area contributed by atoms with Crippen LogP contribution in [0.15, 0.2) is 24.5 Å². The van der Waals surface area contributed by atoms with Crippen LogP contribution in [-0.2, 0) is 4.74 Å². The summed E-state index contributed by atoms with van der Waals surface area (Å²) in [5.41, 5.74) is 2.35. The lowest BCUT2D eigenvalue weighted by atomic mass is 9.88. The fraction of sp³-hybridized carbons (Fsp3) is 0.435. The van der Waals surface area contributed by atoms with E-state index in [1.807, 2.05) is 6.92 Å². The molecule has 0 atom stereocenters. The van der Waals surface area contributed by atoms with Crippen LogP contribution in [0.25, 0.3) is 11.1 Å². The quantitative estimate of drug-likeness (QED) is 0.436. The maximum atomic E-state index is 13.1. The third-order valence-corrected chi connectivity index (χ3v) is 6.78. The van der Waals surface area contributed by atoms with E-state index < -0.39 is 0 Å². The molecule has 3 aromatic heterocycles. The molecule has 3 aromatic rings. The van der Waals surface area contributed by atoms with Gasteiger partial charge in [-0.3, -0.25) is 15.1 Å². The molecular weight excluding hydrogens is 478 g/mol. The van der Waals surface area contributed by atoms with Gasteiger partial charge in [0.25, 0.3) is 11.1 Å². The number of rotatable bonds is 8. The second kappa shape index (κ2) is 11.1. The lowest BCUT2D eigenvalue weighted by Gasteiger charge is -2.26. The number of halogens is 1. The maximum Gasteiger partial charge on any atom is 0.295 e. The van der Waals surface area contributed by atoms with E-state index in [1.165, 1.54) is 30.8 Å². The Morgan fingerprint density at radius 2 is 1.91 bits per heavy atom. The van der Waals surface area contributed by atoms with Gasteiger partial charge in [0, 0.05) is 30.1 Å². The molecule has 34 heavy (non-hydrogen) atoms. The van der Waals surface area contributed by atoms with Crippen LogP contribution in [0.4, 0.5) is 5.13 Å². The van der Waals surface area contributed by atoms with Crippen LogP contribution in [-0.4, -0.2) is 53.0 Å². The van der Waals surface area contributed by atoms with Crippen LogP contribution in [0.1, 0.15) is 41.7 Å². The van der Waals surface area contributed by atoms with Crippen LogP contribution in [0.5, 0.6) is 10.9 Å². The molecular formula is C23H26ClN5O4S. The highest BCUT2D eigenvalue weighted by atomic mass is 35.5. The Hall–Kier alpha value is -2.82. The monoisotopic (exact) mass is 503 g/mol. The standard InChI is InChI=1S/C23H26ClN5O4S/c1-13-8-16(17-9-20(24)26-11-19(17)32-3)18(10-25-13)21(30)27-22-28-29-23(34-22)33-12-14-4-6-15(31-2)7-5-14/h8-11,14-15H,4-7,12H2,1-3H3,(H,27,28,30). The first-order valence-corrected chi connectivity index (χ1v) is 12.1. The number of aryl methyl sites for hydroxylation is 1. The summed E-state index contributed by atoms with van der Waals surface area (Å²) < 4.78 is 16.7. The first kappa shape index (κ1) is 24.3. The number of hydrogen-bond donors (Lipinski definition) is 1. The van der Waals surface area contributed by atoms with Crippen LogP contribution >= 0.6 is 22.9 Å². The number of carbonyl (C=O) groups is 1. The second-order valence-corrected chi connectivity index (χ2v) is 9.42. The summed E-state index contributed by atoms with van der Waals surface area (Å²) in [6.45, 7) is 2.42. The lowest BCUT2D eigenvalue weighted by molar-refractivity contribution is 0.0481. The number of aromatic nitrogens is 4. The number of ether oxygens (including phenoxy) is 3. The summed E-state index contributed by atoms with van der Waals surface area (Å²) in [6, 6.07) is 3.46. The molecule has 0 spiro atoms. The molecule has 0 aliphatic heterocycles. The Balaban J connectivity index is 1.45. The number of amides is 1. The number of nitrogens with zero attached hydrogens (tertiary/aromatic N) is 4. The highest BCUT2D eigenvalue weighted by Crippen LogP contribution is 2.34. The molecule has 4 rings (SSSR count). The van der Waals surface area contributed by atoms with Gasteiger partial charge < -0.3 is 14.2 Å². The van der Waals surface area contributed by atoms with E-state index in [9.17, 15) is 4.79 Å². The Kier molecular flexibility index (Phi) is 7.91. The number of pyridine rings is 2. The number of methoxy groups -OCH3 is 2. The zero-order chi connectivity index (χ0) is 24.1. The normalized spacial score (nSPS) is 17.9. The fourth-order valence-corrected chi connectivity index (χ4v) is 4.72. The van der Waals surface area contributed by atoms with E-state index in [1.54, 1.807) is 19.2 Å². The number of anilines is 1. The van der Waals surface area contributed by atoms with Crippen molar-refractivity contribution in [2.75, 3.05) is 26.1 Å². The van der Waals surface area contributed by atoms with E-state index in [0.29, 0.717) is 56.5 Å². The minimum absolute atomic E-state index is 0.290. The molecule has 3 heterocycles. The molecule has 0 unspecified atom stereocenters. The number of nitrogens with one attached hydrogen (secondary N) is 1. The van der Waals surface area contributed by atoms with Crippen molar-refractivity contribution in [1.82, 2.24) is 20.2 Å². The molecule has 11 heteroatoms. The summed E-state index contributed by atoms with van der Waals surface area (Å²) in [4.78, 5) is 21.5. The van der Waals surface area contributed by atoms with Crippen molar-refractivity contribution in [3.8, 4) is 22.1 Å². The van der Waals surface area contributed by atoms with Crippen molar-refractivity contribution >= 4 is 34.0 Å². The predicted octanol–water partition coefficient (Wildman–Crippen LogP) is 4.80. The summed E-state index contributed by atoms with van der Waals surface area (Å²) in [6.07, 6.45) is 7.60. The first-order valence-electron chi connectivity index (χ1n) is 10.9. The fourth-order valence-electron chi connectivity index (χ4n) is 3.96. The van der Waals surface area contributed by atoms with Gasteiger partial charge in [-0.1, -0.05) is 16.7 Å². The van der Waals surface area contributed by atoms with Gasteiger partial charge in [-0.25, -0.2) is 4.98 Å². The predicted molar refractivity (Wildman–Crippen MR) is 130 cm³/mol. The zero-order valence-corrected chi connectivity index (χ0v) is 20.8. The molecule has 1 N–H and O–H groups in total. The van der Waals surface area contributed by atoms with E-state index in [4.69, 9.17) is 25.8 Å². The van der Waals surface area contributed by atoms with Gasteiger partial charge >= 0.3 is 0 Å². The van der Waals surface area contributed by atoms with E-state index in [0.717, 1.165) is 31.4 Å². The molecule has 1 fully saturated rings. The van der Waals surface area contributed by atoms with E-state index >= 15 is 0 Å². The Bertz CT molecular complexity index is 1150. The topological polar surface area (TPSA) is 108 Å². The average molecular weight is 504 g/mol. The first-order chi connectivity index (χ1) is 16.5. The van der Waals surface area contributed by atoms with Crippen LogP contribution in [0, 0.1) is 12.8 Å². The second-order valence-electron chi connectivity index (χ2n) is 8.10. The SMILES string of the molecule is COc1cnc(Cl)cc1-c1cc(C)ncc1C(=O)Nc1nnc(OCC2CCC(OC)CC2)s1. The van der Waals surface area contributed by atoms with Crippen molar-refractivity contribution in [2.24, 2.45) is 5.92 Å². The molecule has 1 amide bonds. The Morgan fingerprint density at radius 1 is 1.12 bits per heavy atom. The lowest BCUT2D eigenvalue weighted by Crippen LogP contribution is -2.24. The van der Waals surface area contributed by atoms with Gasteiger partial charge in [-0.2, -0.15) is 0 Å². The summed E-state index contributed by atoms with van der Waals surface area (Å²) in [5.74, 6) is 0.588. The number of carbonyl (C=O) groups excluding carboxylic acids is 1. The summed E-state index contributed by atoms with van der Waals surface area (Å²) in [7, 11) is 3.30. The van der Waals surface area contributed by atoms with Gasteiger partial charge in [0.05, 0.1) is 31.6 Å². The van der Waals surface area contributed by atoms with E-state index in [2.05, 4.69) is 25.5 Å². The van der Waals surface area contributed by atoms with Crippen LogP contribution in [0.2, 0.25) is 5.15 Å². The van der Waals surface area contributed by atoms with Crippen molar-refractivity contribution in [3.05, 3.63) is 40.9 Å². The van der Waals surface area contributed by atoms with Gasteiger partial charge in [0.1, 0.15) is 10.9 Å². The third kappa shape index (κ3) is 5.81. The molecule has 0 aromatic carbocycles. The number of hydrogen-bond acceptors (Lipinski definition) is 9. The van der Waals surface area contributed by atoms with Crippen molar-refractivity contribution in [1.29, 1.82) is 0 Å². The van der Waals surface area contributed by atoms with Gasteiger partial charge in [-0.15, -0.1) is 5.10 Å². The van der Waals surface area contributed by atoms with Gasteiger partial charge in [0.15, 0.2) is 0 Å². The molecule has 1 aliphatic rings. The molecule has 0 radical (unpaired) electrons. The average Bonchev–Trinajstić information content (AvgIpc) is 3.30. The molecule has 1 saturated carbocycles. The molecule has 1 aliphatic carbocycles. The zero-order valence-electron chi connectivity index (χ0n) is 19.2. The van der Waals surface area contributed by atoms with Gasteiger partial charge in [-0.05, 0) is 62.0 Å². The molecule has 180 valence electrons. The highest BCUT2D eigenvalue weighted by molar-refractivity contribution is 7.17. The Labute approximate surface area is 206 Å². The largest absolute Gasteiger partial charge is 0.494 e. The summed E-state index contributed by atoms with van der Waals surface area (Å²) >= 11 is 7.30. The van der Waals surface area contributed by atoms with Crippen LogP contribution in [0.3, 0.4) is 0 Å². The minimum Gasteiger partial charge on any atom is -0.494 e. The molecule has 0 saturated heterocycles. The smallest absolute Gasteiger partial charge is 0.295 e. The van der Waals surface area contributed by atoms with Crippen molar-refractivity contribution in [3.63, 3.8) is 0 Å².